The highest BCUT2D eigenvalue weighted by atomic mass is 16.5. The number of nitrogens with one attached hydrogen (secondary N) is 2. The van der Waals surface area contributed by atoms with E-state index in [0.29, 0.717) is 12.6 Å². The molecule has 2 amide bonds. The van der Waals surface area contributed by atoms with Gasteiger partial charge in [-0.25, -0.2) is 9.78 Å². The Bertz CT molecular complexity index is 553. The monoisotopic (exact) mass is 334 g/mol. The molecule has 0 aromatic carbocycles. The van der Waals surface area contributed by atoms with Crippen LogP contribution in [0.3, 0.4) is 0 Å². The molecule has 2 N–H and O–H groups in total. The number of rotatable bonds is 8. The maximum absolute atomic E-state index is 12.1. The van der Waals surface area contributed by atoms with Crippen molar-refractivity contribution in [3.63, 3.8) is 0 Å². The van der Waals surface area contributed by atoms with Crippen molar-refractivity contribution >= 4 is 6.03 Å². The fourth-order valence-corrected chi connectivity index (χ4v) is 4.10. The maximum Gasteiger partial charge on any atom is 0.315 e. The molecule has 6 nitrogen and oxygen atoms in total. The van der Waals surface area contributed by atoms with Crippen LogP contribution in [-0.2, 0) is 11.3 Å². The number of carbonyl (C=O) groups excluding carboxylic acids is 1. The van der Waals surface area contributed by atoms with Gasteiger partial charge in [0.25, 0.3) is 0 Å². The predicted molar refractivity (Wildman–Crippen MR) is 92.8 cm³/mol. The molecule has 2 aliphatic carbocycles. The van der Waals surface area contributed by atoms with E-state index in [0.717, 1.165) is 38.2 Å². The molecule has 3 rings (SSSR count). The summed E-state index contributed by atoms with van der Waals surface area (Å²) in [7, 11) is 0. The number of carbonyl (C=O) groups is 1. The topological polar surface area (TPSA) is 68.2 Å². The zero-order valence-electron chi connectivity index (χ0n) is 14.9. The highest BCUT2D eigenvalue weighted by Crippen LogP contribution is 2.57. The van der Waals surface area contributed by atoms with Crippen molar-refractivity contribution in [2.45, 2.75) is 71.1 Å². The Morgan fingerprint density at radius 1 is 1.46 bits per heavy atom. The summed E-state index contributed by atoms with van der Waals surface area (Å²) in [5, 5.41) is 6.16. The molecule has 0 aliphatic heterocycles. The lowest BCUT2D eigenvalue weighted by molar-refractivity contribution is -0.169. The van der Waals surface area contributed by atoms with Crippen LogP contribution in [0.15, 0.2) is 12.4 Å². The predicted octanol–water partition coefficient (Wildman–Crippen LogP) is 2.62. The van der Waals surface area contributed by atoms with Crippen molar-refractivity contribution in [1.82, 2.24) is 20.2 Å². The third-order valence-electron chi connectivity index (χ3n) is 5.78. The van der Waals surface area contributed by atoms with E-state index < -0.39 is 0 Å². The molecule has 1 aromatic heterocycles. The Kier molecular flexibility index (Phi) is 5.43. The molecule has 0 saturated heterocycles. The molecule has 6 heteroatoms. The van der Waals surface area contributed by atoms with E-state index in [1.807, 2.05) is 26.2 Å². The molecule has 1 heterocycles. The molecule has 0 bridgehead atoms. The van der Waals surface area contributed by atoms with Gasteiger partial charge >= 0.3 is 6.03 Å². The molecule has 0 radical (unpaired) electrons. The van der Waals surface area contributed by atoms with Crippen molar-refractivity contribution in [2.75, 3.05) is 13.2 Å². The molecule has 2 saturated carbocycles. The minimum Gasteiger partial charge on any atom is -0.378 e. The van der Waals surface area contributed by atoms with Crippen LogP contribution in [0.5, 0.6) is 0 Å². The van der Waals surface area contributed by atoms with Crippen molar-refractivity contribution in [1.29, 1.82) is 0 Å². The molecule has 2 aliphatic rings. The average Bonchev–Trinajstić information content (AvgIpc) is 2.89. The first-order valence-electron chi connectivity index (χ1n) is 9.29. The van der Waals surface area contributed by atoms with Gasteiger partial charge in [0.1, 0.15) is 5.82 Å². The fourth-order valence-electron chi connectivity index (χ4n) is 4.10. The van der Waals surface area contributed by atoms with E-state index in [9.17, 15) is 4.79 Å². The largest absolute Gasteiger partial charge is 0.378 e. The van der Waals surface area contributed by atoms with Crippen molar-refractivity contribution < 1.29 is 9.53 Å². The van der Waals surface area contributed by atoms with E-state index in [1.54, 1.807) is 0 Å². The fraction of sp³-hybridized carbons (Fsp3) is 0.778. The second-order valence-corrected chi connectivity index (χ2v) is 7.09. The molecule has 2 fully saturated rings. The van der Waals surface area contributed by atoms with E-state index in [4.69, 9.17) is 4.74 Å². The van der Waals surface area contributed by atoms with E-state index in [1.165, 1.54) is 19.3 Å². The van der Waals surface area contributed by atoms with Gasteiger partial charge in [0, 0.05) is 43.5 Å². The van der Waals surface area contributed by atoms with Gasteiger partial charge in [-0.3, -0.25) is 0 Å². The molecule has 134 valence electrons. The van der Waals surface area contributed by atoms with Crippen LogP contribution in [0.1, 0.15) is 51.3 Å². The van der Waals surface area contributed by atoms with Crippen LogP contribution in [-0.4, -0.2) is 40.9 Å². The number of aryl methyl sites for hydroxylation is 2. The Labute approximate surface area is 144 Å². The summed E-state index contributed by atoms with van der Waals surface area (Å²) < 4.78 is 7.97. The summed E-state index contributed by atoms with van der Waals surface area (Å²) in [5.74, 6) is 1.04. The number of imidazole rings is 1. The first-order chi connectivity index (χ1) is 11.7. The first kappa shape index (κ1) is 17.3. The summed E-state index contributed by atoms with van der Waals surface area (Å²) in [4.78, 5) is 16.3. The number of nitrogens with zero attached hydrogens (tertiary/aromatic N) is 2. The maximum atomic E-state index is 12.1. The number of unbranched alkanes of at least 4 members (excludes halogenated alkanes) is 1. The van der Waals surface area contributed by atoms with Crippen LogP contribution in [0.25, 0.3) is 0 Å². The lowest BCUT2D eigenvalue weighted by Gasteiger charge is -2.60. The highest BCUT2D eigenvalue weighted by Gasteiger charge is 2.59. The minimum atomic E-state index is -0.0277. The van der Waals surface area contributed by atoms with Crippen LogP contribution in [0.4, 0.5) is 4.79 Å². The quantitative estimate of drug-likeness (QED) is 0.718. The van der Waals surface area contributed by atoms with Crippen LogP contribution >= 0.6 is 0 Å². The number of hydrogen-bond acceptors (Lipinski definition) is 3. The van der Waals surface area contributed by atoms with Gasteiger partial charge in [-0.05, 0) is 46.0 Å². The molecule has 2 atom stereocenters. The van der Waals surface area contributed by atoms with Crippen LogP contribution < -0.4 is 10.6 Å². The van der Waals surface area contributed by atoms with Crippen molar-refractivity contribution in [3.05, 3.63) is 18.2 Å². The zero-order chi connectivity index (χ0) is 17.0. The minimum absolute atomic E-state index is 0.0277. The highest BCUT2D eigenvalue weighted by molar-refractivity contribution is 5.74. The Morgan fingerprint density at radius 2 is 2.29 bits per heavy atom. The zero-order valence-corrected chi connectivity index (χ0v) is 14.9. The molecular formula is C18H30N4O2. The van der Waals surface area contributed by atoms with Gasteiger partial charge in [0.2, 0.25) is 0 Å². The number of ether oxygens (including phenoxy) is 1. The summed E-state index contributed by atoms with van der Waals surface area (Å²) >= 11 is 0. The lowest BCUT2D eigenvalue weighted by atomic mass is 9.51. The third kappa shape index (κ3) is 3.43. The van der Waals surface area contributed by atoms with Gasteiger partial charge < -0.3 is 19.9 Å². The molecule has 1 aromatic rings. The SMILES string of the molecule is CCO[C@@H]1C[C@H](NC(=O)NCCCCn2ccnc2C)C12CCC2. The molecule has 24 heavy (non-hydrogen) atoms. The number of amides is 2. The number of aromatic nitrogens is 2. The van der Waals surface area contributed by atoms with Crippen LogP contribution in [0, 0.1) is 12.3 Å². The van der Waals surface area contributed by atoms with Gasteiger partial charge in [-0.15, -0.1) is 0 Å². The van der Waals surface area contributed by atoms with E-state index >= 15 is 0 Å². The van der Waals surface area contributed by atoms with E-state index in [2.05, 4.69) is 20.2 Å². The smallest absolute Gasteiger partial charge is 0.315 e. The van der Waals surface area contributed by atoms with Gasteiger partial charge in [-0.2, -0.15) is 0 Å². The molecule has 1 spiro atoms. The molecule has 0 unspecified atom stereocenters. The Hall–Kier alpha value is -1.56. The summed E-state index contributed by atoms with van der Waals surface area (Å²) in [6.45, 7) is 6.49. The second-order valence-electron chi connectivity index (χ2n) is 7.09. The number of urea groups is 1. The summed E-state index contributed by atoms with van der Waals surface area (Å²) in [6.07, 6.45) is 10.8. The van der Waals surface area contributed by atoms with Gasteiger partial charge in [-0.1, -0.05) is 6.42 Å². The van der Waals surface area contributed by atoms with E-state index in [-0.39, 0.29) is 17.5 Å². The van der Waals surface area contributed by atoms with Crippen LogP contribution in [0.2, 0.25) is 0 Å². The van der Waals surface area contributed by atoms with Gasteiger partial charge in [0.15, 0.2) is 0 Å². The first-order valence-corrected chi connectivity index (χ1v) is 9.29. The average molecular weight is 334 g/mol. The van der Waals surface area contributed by atoms with Crippen molar-refractivity contribution in [2.24, 2.45) is 5.41 Å². The lowest BCUT2D eigenvalue weighted by Crippen LogP contribution is -2.68. The van der Waals surface area contributed by atoms with Gasteiger partial charge in [0.05, 0.1) is 6.10 Å². The third-order valence-corrected chi connectivity index (χ3v) is 5.78. The Morgan fingerprint density at radius 3 is 2.92 bits per heavy atom. The normalized spacial score (nSPS) is 24.2. The summed E-state index contributed by atoms with van der Waals surface area (Å²) in [5.41, 5.74) is 0.228. The number of hydrogen-bond donors (Lipinski definition) is 2. The van der Waals surface area contributed by atoms with Crippen molar-refractivity contribution in [3.8, 4) is 0 Å². The molecular weight excluding hydrogens is 304 g/mol. The summed E-state index contributed by atoms with van der Waals surface area (Å²) in [6, 6.07) is 0.261. The standard InChI is InChI=1S/C18H30N4O2/c1-3-24-16-13-15(18(16)7-6-8-18)21-17(23)20-9-4-5-11-22-12-10-19-14(22)2/h10,12,15-16H,3-9,11,13H2,1-2H3,(H2,20,21,23)/t15-,16+/m0/s1. The second kappa shape index (κ2) is 7.55. The Balaban J connectivity index is 1.31.